The molecule has 2 heterocycles. The van der Waals surface area contributed by atoms with Crippen molar-refractivity contribution in [1.29, 1.82) is 0 Å². The highest BCUT2D eigenvalue weighted by Crippen LogP contribution is 2.20. The fraction of sp³-hybridized carbons (Fsp3) is 0.500. The number of benzene rings is 1. The van der Waals surface area contributed by atoms with Crippen molar-refractivity contribution in [2.24, 2.45) is 5.41 Å². The summed E-state index contributed by atoms with van der Waals surface area (Å²) in [6.45, 7) is 10.3. The van der Waals surface area contributed by atoms with Gasteiger partial charge in [0.1, 0.15) is 5.75 Å². The number of carbonyl (C=O) groups excluding carboxylic acids is 1. The zero-order valence-corrected chi connectivity index (χ0v) is 17.3. The molecule has 0 unspecified atom stereocenters. The second-order valence-corrected chi connectivity index (χ2v) is 8.37. The van der Waals surface area contributed by atoms with Crippen LogP contribution in [0.25, 0.3) is 0 Å². The third kappa shape index (κ3) is 4.87. The molecule has 3 rings (SSSR count). The molecule has 1 amide bonds. The van der Waals surface area contributed by atoms with Gasteiger partial charge in [-0.3, -0.25) is 4.79 Å². The molecule has 1 aromatic carbocycles. The van der Waals surface area contributed by atoms with Crippen LogP contribution in [-0.4, -0.2) is 45.7 Å². The van der Waals surface area contributed by atoms with Crippen molar-refractivity contribution in [3.05, 3.63) is 48.4 Å². The first-order chi connectivity index (χ1) is 13.4. The van der Waals surface area contributed by atoms with Crippen LogP contribution in [0.4, 0.5) is 5.69 Å². The average Bonchev–Trinajstić information content (AvgIpc) is 3.22. The lowest BCUT2D eigenvalue weighted by atomic mass is 9.95. The minimum atomic E-state index is -0.393. The summed E-state index contributed by atoms with van der Waals surface area (Å²) in [5.41, 5.74) is 0.825. The molecule has 0 saturated carbocycles. The number of carbonyl (C=O) groups is 1. The molecule has 6 nitrogen and oxygen atoms in total. The van der Waals surface area contributed by atoms with Crippen LogP contribution in [0.5, 0.6) is 5.75 Å². The van der Waals surface area contributed by atoms with Gasteiger partial charge >= 0.3 is 0 Å². The zero-order chi connectivity index (χ0) is 20.1. The van der Waals surface area contributed by atoms with Gasteiger partial charge in [0.15, 0.2) is 11.8 Å². The number of nitrogens with one attached hydrogen (secondary N) is 2. The molecule has 1 aliphatic rings. The maximum atomic E-state index is 12.3. The first kappa shape index (κ1) is 20.3. The number of ether oxygens (including phenoxy) is 1. The maximum absolute atomic E-state index is 12.3. The Labute approximate surface area is 167 Å². The minimum Gasteiger partial charge on any atom is -0.497 e. The third-order valence-corrected chi connectivity index (χ3v) is 5.37. The van der Waals surface area contributed by atoms with Crippen LogP contribution in [0.1, 0.15) is 32.6 Å². The summed E-state index contributed by atoms with van der Waals surface area (Å²) >= 11 is 0. The van der Waals surface area contributed by atoms with Gasteiger partial charge in [0, 0.05) is 11.1 Å². The topological polar surface area (TPSA) is 59.1 Å². The fourth-order valence-corrected chi connectivity index (χ4v) is 3.59. The lowest BCUT2D eigenvalue weighted by molar-refractivity contribution is -0.932. The second-order valence-electron chi connectivity index (χ2n) is 8.37. The molecule has 2 aromatic rings. The molecule has 1 atom stereocenters. The summed E-state index contributed by atoms with van der Waals surface area (Å²) in [7, 11) is 1.68. The predicted octanol–water partition coefficient (Wildman–Crippen LogP) is 1.90. The molecule has 6 heteroatoms. The van der Waals surface area contributed by atoms with E-state index in [4.69, 9.17) is 9.15 Å². The summed E-state index contributed by atoms with van der Waals surface area (Å²) in [6, 6.07) is 12.3. The van der Waals surface area contributed by atoms with E-state index < -0.39 is 5.41 Å². The summed E-state index contributed by atoms with van der Waals surface area (Å²) < 4.78 is 11.0. The third-order valence-electron chi connectivity index (χ3n) is 5.37. The van der Waals surface area contributed by atoms with Crippen molar-refractivity contribution in [3.63, 3.8) is 0 Å². The van der Waals surface area contributed by atoms with Crippen LogP contribution in [0.3, 0.4) is 0 Å². The highest BCUT2D eigenvalue weighted by Gasteiger charge is 2.32. The van der Waals surface area contributed by atoms with Gasteiger partial charge in [0.25, 0.3) is 0 Å². The van der Waals surface area contributed by atoms with E-state index in [9.17, 15) is 4.79 Å². The van der Waals surface area contributed by atoms with E-state index in [2.05, 4.69) is 22.3 Å². The molecule has 1 aromatic heterocycles. The van der Waals surface area contributed by atoms with E-state index in [1.807, 2.05) is 45.0 Å². The molecule has 0 bridgehead atoms. The Kier molecular flexibility index (Phi) is 6.29. The van der Waals surface area contributed by atoms with Crippen molar-refractivity contribution in [1.82, 2.24) is 5.32 Å². The number of methoxy groups -OCH3 is 1. The largest absolute Gasteiger partial charge is 0.497 e. The van der Waals surface area contributed by atoms with E-state index in [1.54, 1.807) is 13.4 Å². The van der Waals surface area contributed by atoms with E-state index >= 15 is 0 Å². The molecular formula is C22H32N3O3+. The Hall–Kier alpha value is -2.47. The molecule has 2 N–H and O–H groups in total. The molecule has 0 aliphatic carbocycles. The molecule has 1 aliphatic heterocycles. The lowest BCUT2D eigenvalue weighted by Gasteiger charge is -2.37. The number of furan rings is 1. The number of rotatable bonds is 6. The fourth-order valence-electron chi connectivity index (χ4n) is 3.59. The number of nitrogens with zero attached hydrogens (tertiary/aromatic N) is 1. The van der Waals surface area contributed by atoms with Crippen LogP contribution in [0.2, 0.25) is 0 Å². The molecule has 152 valence electrons. The molecule has 1 saturated heterocycles. The standard InChI is InChI=1S/C22H31N3O3/c1-22(2,3)21(26)23-16-19(20-6-5-15-28-20)25-13-11-24(12-14-25)17-7-9-18(27-4)10-8-17/h5-10,15,19H,11-14,16H2,1-4H3,(H,23,26)/p+1/t19-/m1/s1. The van der Waals surface area contributed by atoms with Crippen LogP contribution >= 0.6 is 0 Å². The SMILES string of the molecule is COc1ccc(N2CC[NH+]([C@H](CNC(=O)C(C)(C)C)c3ccco3)CC2)cc1. The van der Waals surface area contributed by atoms with Crippen molar-refractivity contribution in [2.75, 3.05) is 44.7 Å². The summed E-state index contributed by atoms with van der Waals surface area (Å²) in [5.74, 6) is 1.88. The van der Waals surface area contributed by atoms with E-state index in [-0.39, 0.29) is 11.9 Å². The normalized spacial score (nSPS) is 16.6. The number of quaternary nitrogens is 1. The van der Waals surface area contributed by atoms with E-state index in [1.165, 1.54) is 10.6 Å². The van der Waals surface area contributed by atoms with Crippen molar-refractivity contribution >= 4 is 11.6 Å². The van der Waals surface area contributed by atoms with Crippen LogP contribution in [-0.2, 0) is 4.79 Å². The van der Waals surface area contributed by atoms with Gasteiger partial charge in [-0.1, -0.05) is 20.8 Å². The smallest absolute Gasteiger partial charge is 0.225 e. The first-order valence-corrected chi connectivity index (χ1v) is 9.94. The highest BCUT2D eigenvalue weighted by atomic mass is 16.5. The van der Waals surface area contributed by atoms with Crippen LogP contribution < -0.4 is 19.9 Å². The number of piperazine rings is 1. The molecule has 28 heavy (non-hydrogen) atoms. The minimum absolute atomic E-state index is 0.0697. The quantitative estimate of drug-likeness (QED) is 0.796. The average molecular weight is 387 g/mol. The van der Waals surface area contributed by atoms with Crippen LogP contribution in [0, 0.1) is 5.41 Å². The van der Waals surface area contributed by atoms with Crippen LogP contribution in [0.15, 0.2) is 47.1 Å². The molecule has 0 spiro atoms. The van der Waals surface area contributed by atoms with E-state index in [0.717, 1.165) is 37.7 Å². The Bertz CT molecular complexity index is 742. The Morgan fingerprint density at radius 2 is 1.89 bits per heavy atom. The number of hydrogen-bond acceptors (Lipinski definition) is 4. The van der Waals surface area contributed by atoms with Gasteiger partial charge in [-0.25, -0.2) is 0 Å². The molecule has 0 radical (unpaired) electrons. The van der Waals surface area contributed by atoms with Gasteiger partial charge < -0.3 is 24.3 Å². The Morgan fingerprint density at radius 1 is 1.21 bits per heavy atom. The van der Waals surface area contributed by atoms with E-state index in [0.29, 0.717) is 6.54 Å². The summed E-state index contributed by atoms with van der Waals surface area (Å²) in [5, 5.41) is 3.12. The second kappa shape index (κ2) is 8.69. The maximum Gasteiger partial charge on any atom is 0.225 e. The number of hydrogen-bond donors (Lipinski definition) is 2. The Balaban J connectivity index is 1.63. The lowest BCUT2D eigenvalue weighted by Crippen LogP contribution is -3.15. The van der Waals surface area contributed by atoms with Gasteiger partial charge in [0.2, 0.25) is 5.91 Å². The van der Waals surface area contributed by atoms with Crippen molar-refractivity contribution in [3.8, 4) is 5.75 Å². The van der Waals surface area contributed by atoms with Gasteiger partial charge in [0.05, 0.1) is 46.1 Å². The Morgan fingerprint density at radius 3 is 2.43 bits per heavy atom. The molecule has 1 fully saturated rings. The monoisotopic (exact) mass is 386 g/mol. The van der Waals surface area contributed by atoms with Crippen molar-refractivity contribution in [2.45, 2.75) is 26.8 Å². The van der Waals surface area contributed by atoms with Gasteiger partial charge in [-0.15, -0.1) is 0 Å². The highest BCUT2D eigenvalue weighted by molar-refractivity contribution is 5.81. The summed E-state index contributed by atoms with van der Waals surface area (Å²) in [6.07, 6.45) is 1.71. The van der Waals surface area contributed by atoms with Crippen molar-refractivity contribution < 1.29 is 18.8 Å². The summed E-state index contributed by atoms with van der Waals surface area (Å²) in [4.78, 5) is 16.2. The number of amides is 1. The predicted molar refractivity (Wildman–Crippen MR) is 110 cm³/mol. The molecular weight excluding hydrogens is 354 g/mol. The number of anilines is 1. The van der Waals surface area contributed by atoms with Gasteiger partial charge in [-0.2, -0.15) is 0 Å². The zero-order valence-electron chi connectivity index (χ0n) is 17.3. The first-order valence-electron chi connectivity index (χ1n) is 9.94. The van der Waals surface area contributed by atoms with Gasteiger partial charge in [-0.05, 0) is 36.4 Å².